The average Bonchev–Trinajstić information content (AvgIpc) is 3.36. The quantitative estimate of drug-likeness (QED) is 0.441. The lowest BCUT2D eigenvalue weighted by atomic mass is 10.1. The Morgan fingerprint density at radius 2 is 1.91 bits per heavy atom. The van der Waals surface area contributed by atoms with Crippen LogP contribution in [0.25, 0.3) is 0 Å². The molecule has 1 saturated heterocycles. The summed E-state index contributed by atoms with van der Waals surface area (Å²) in [6.45, 7) is 6.52. The lowest BCUT2D eigenvalue weighted by Gasteiger charge is -2.32. The average molecular weight is 450 g/mol. The van der Waals surface area contributed by atoms with E-state index in [-0.39, 0.29) is 11.4 Å². The Labute approximate surface area is 192 Å². The molecule has 1 aliphatic rings. The minimum absolute atomic E-state index is 0.0613. The maximum atomic E-state index is 13.1. The standard InChI is InChI=1S/C24H27N5O4/c1-17-6-7-20(26-23(30)22-8-9-25-33-22)15-21(17)29(32)24(31)19-5-3-4-18(14-19)16-28-12-10-27(2)11-13-28/h3-9,14-15,32H,10-13,16H2,1-2H3,(H,26,30). The number of hydrogen-bond acceptors (Lipinski definition) is 7. The Bertz CT molecular complexity index is 1120. The van der Waals surface area contributed by atoms with Gasteiger partial charge in [0.1, 0.15) is 0 Å². The maximum Gasteiger partial charge on any atom is 0.294 e. The number of piperazine rings is 1. The highest BCUT2D eigenvalue weighted by Gasteiger charge is 2.20. The SMILES string of the molecule is Cc1ccc(NC(=O)c2ccno2)cc1N(O)C(=O)c1cccc(CN2CCN(C)CC2)c1. The van der Waals surface area contributed by atoms with Crippen LogP contribution in [-0.4, -0.2) is 65.2 Å². The topological polar surface area (TPSA) is 102 Å². The van der Waals surface area contributed by atoms with Crippen LogP contribution in [0.1, 0.15) is 32.0 Å². The van der Waals surface area contributed by atoms with Crippen LogP contribution in [0.4, 0.5) is 11.4 Å². The van der Waals surface area contributed by atoms with Crippen molar-refractivity contribution >= 4 is 23.2 Å². The smallest absolute Gasteiger partial charge is 0.294 e. The van der Waals surface area contributed by atoms with Crippen molar-refractivity contribution in [3.05, 3.63) is 77.2 Å². The Hall–Kier alpha value is -3.53. The van der Waals surface area contributed by atoms with Crippen molar-refractivity contribution in [3.8, 4) is 0 Å². The maximum absolute atomic E-state index is 13.1. The highest BCUT2D eigenvalue weighted by atomic mass is 16.5. The van der Waals surface area contributed by atoms with Gasteiger partial charge in [-0.3, -0.25) is 19.7 Å². The minimum Gasteiger partial charge on any atom is -0.351 e. The first-order valence-corrected chi connectivity index (χ1v) is 10.8. The van der Waals surface area contributed by atoms with E-state index in [2.05, 4.69) is 27.3 Å². The normalized spacial score (nSPS) is 14.8. The minimum atomic E-state index is -0.544. The van der Waals surface area contributed by atoms with Crippen molar-refractivity contribution in [1.29, 1.82) is 0 Å². The van der Waals surface area contributed by atoms with Crippen LogP contribution >= 0.6 is 0 Å². The van der Waals surface area contributed by atoms with Gasteiger partial charge in [0.15, 0.2) is 0 Å². The summed E-state index contributed by atoms with van der Waals surface area (Å²) in [6, 6.07) is 13.7. The third-order valence-corrected chi connectivity index (χ3v) is 5.73. The molecule has 0 spiro atoms. The van der Waals surface area contributed by atoms with E-state index in [1.807, 2.05) is 18.2 Å². The number of nitrogens with zero attached hydrogens (tertiary/aromatic N) is 4. The van der Waals surface area contributed by atoms with Crippen molar-refractivity contribution in [3.63, 3.8) is 0 Å². The van der Waals surface area contributed by atoms with Crippen LogP contribution in [0.2, 0.25) is 0 Å². The second-order valence-electron chi connectivity index (χ2n) is 8.23. The molecule has 0 radical (unpaired) electrons. The number of amides is 2. The van der Waals surface area contributed by atoms with E-state index in [1.54, 1.807) is 25.1 Å². The van der Waals surface area contributed by atoms with Gasteiger partial charge in [-0.2, -0.15) is 5.06 Å². The molecule has 2 aromatic carbocycles. The van der Waals surface area contributed by atoms with Gasteiger partial charge in [0.05, 0.1) is 11.9 Å². The molecule has 3 aromatic rings. The summed E-state index contributed by atoms with van der Waals surface area (Å²) < 4.78 is 4.85. The number of hydrogen-bond donors (Lipinski definition) is 2. The predicted molar refractivity (Wildman–Crippen MR) is 123 cm³/mol. The van der Waals surface area contributed by atoms with E-state index in [0.717, 1.165) is 38.3 Å². The molecular weight excluding hydrogens is 422 g/mol. The van der Waals surface area contributed by atoms with Gasteiger partial charge in [0.2, 0.25) is 5.76 Å². The molecule has 0 bridgehead atoms. The van der Waals surface area contributed by atoms with E-state index in [0.29, 0.717) is 21.9 Å². The van der Waals surface area contributed by atoms with Gasteiger partial charge in [-0.05, 0) is 49.4 Å². The molecule has 0 saturated carbocycles. The zero-order chi connectivity index (χ0) is 23.4. The summed E-state index contributed by atoms with van der Waals surface area (Å²) in [5.74, 6) is -0.960. The summed E-state index contributed by atoms with van der Waals surface area (Å²) in [4.78, 5) is 29.9. The number of likely N-dealkylation sites (N-methyl/N-ethyl adjacent to an activating group) is 1. The molecule has 2 heterocycles. The number of anilines is 2. The number of carbonyl (C=O) groups excluding carboxylic acids is 2. The summed E-state index contributed by atoms with van der Waals surface area (Å²) in [6.07, 6.45) is 1.38. The van der Waals surface area contributed by atoms with Crippen LogP contribution in [0.5, 0.6) is 0 Å². The summed E-state index contributed by atoms with van der Waals surface area (Å²) in [5.41, 5.74) is 2.77. The molecule has 1 aliphatic heterocycles. The lowest BCUT2D eigenvalue weighted by molar-refractivity contribution is 0.0854. The molecule has 172 valence electrons. The second kappa shape index (κ2) is 9.95. The highest BCUT2D eigenvalue weighted by Crippen LogP contribution is 2.25. The van der Waals surface area contributed by atoms with Crippen molar-refractivity contribution in [2.45, 2.75) is 13.5 Å². The molecular formula is C24H27N5O4. The third kappa shape index (κ3) is 5.46. The van der Waals surface area contributed by atoms with E-state index < -0.39 is 11.8 Å². The van der Waals surface area contributed by atoms with E-state index in [4.69, 9.17) is 4.52 Å². The summed E-state index contributed by atoms with van der Waals surface area (Å²) in [7, 11) is 2.11. The van der Waals surface area contributed by atoms with Crippen LogP contribution in [-0.2, 0) is 6.54 Å². The van der Waals surface area contributed by atoms with E-state index in [9.17, 15) is 14.8 Å². The van der Waals surface area contributed by atoms with Gasteiger partial charge in [0.25, 0.3) is 11.8 Å². The summed E-state index contributed by atoms with van der Waals surface area (Å²) in [5, 5.41) is 17.5. The van der Waals surface area contributed by atoms with Gasteiger partial charge in [0, 0.05) is 50.0 Å². The Kier molecular flexibility index (Phi) is 6.83. The fourth-order valence-corrected chi connectivity index (χ4v) is 3.74. The highest BCUT2D eigenvalue weighted by molar-refractivity contribution is 6.06. The number of benzene rings is 2. The number of nitrogens with one attached hydrogen (secondary N) is 1. The molecule has 33 heavy (non-hydrogen) atoms. The molecule has 0 aliphatic carbocycles. The molecule has 0 unspecified atom stereocenters. The van der Waals surface area contributed by atoms with Crippen molar-refractivity contribution < 1.29 is 19.3 Å². The third-order valence-electron chi connectivity index (χ3n) is 5.73. The monoisotopic (exact) mass is 449 g/mol. The fraction of sp³-hybridized carbons (Fsp3) is 0.292. The first-order valence-electron chi connectivity index (χ1n) is 10.8. The van der Waals surface area contributed by atoms with Gasteiger partial charge >= 0.3 is 0 Å². The predicted octanol–water partition coefficient (Wildman–Crippen LogP) is 3.02. The van der Waals surface area contributed by atoms with Gasteiger partial charge in [-0.15, -0.1) is 0 Å². The van der Waals surface area contributed by atoms with Crippen LogP contribution < -0.4 is 10.4 Å². The molecule has 2 N–H and O–H groups in total. The molecule has 2 amide bonds. The van der Waals surface area contributed by atoms with Crippen molar-refractivity contribution in [2.75, 3.05) is 43.6 Å². The van der Waals surface area contributed by atoms with E-state index >= 15 is 0 Å². The van der Waals surface area contributed by atoms with Gasteiger partial charge in [-0.25, -0.2) is 0 Å². The molecule has 9 heteroatoms. The molecule has 1 aromatic heterocycles. The first-order chi connectivity index (χ1) is 15.9. The molecule has 1 fully saturated rings. The van der Waals surface area contributed by atoms with Crippen LogP contribution in [0.15, 0.2) is 59.3 Å². The largest absolute Gasteiger partial charge is 0.351 e. The van der Waals surface area contributed by atoms with Gasteiger partial charge < -0.3 is 14.7 Å². The Morgan fingerprint density at radius 3 is 2.64 bits per heavy atom. The number of rotatable bonds is 6. The molecule has 4 rings (SSSR count). The second-order valence-corrected chi connectivity index (χ2v) is 8.23. The van der Waals surface area contributed by atoms with Gasteiger partial charge in [-0.1, -0.05) is 23.4 Å². The van der Waals surface area contributed by atoms with Crippen molar-refractivity contribution in [2.24, 2.45) is 0 Å². The number of carbonyl (C=O) groups is 2. The molecule has 0 atom stereocenters. The zero-order valence-electron chi connectivity index (χ0n) is 18.7. The fourth-order valence-electron chi connectivity index (χ4n) is 3.74. The summed E-state index contributed by atoms with van der Waals surface area (Å²) >= 11 is 0. The molecule has 9 nitrogen and oxygen atoms in total. The van der Waals surface area contributed by atoms with Crippen LogP contribution in [0, 0.1) is 6.92 Å². The Balaban J connectivity index is 1.48. The number of aromatic nitrogens is 1. The van der Waals surface area contributed by atoms with Crippen LogP contribution in [0.3, 0.4) is 0 Å². The number of aryl methyl sites for hydroxylation is 1. The zero-order valence-corrected chi connectivity index (χ0v) is 18.7. The van der Waals surface area contributed by atoms with E-state index in [1.165, 1.54) is 18.3 Å². The lowest BCUT2D eigenvalue weighted by Crippen LogP contribution is -2.43. The first kappa shape index (κ1) is 22.7. The number of hydroxylamine groups is 1. The Morgan fingerprint density at radius 1 is 1.12 bits per heavy atom. The van der Waals surface area contributed by atoms with Crippen molar-refractivity contribution in [1.82, 2.24) is 15.0 Å².